The standard InChI is InChI=1S/C33H46O2.C11H20N2O2.C3H6.C2H6.3C2H2/c1-30(2)24(21-8-10-22(11-9-21)29(34)35)15-19-33(5)27(30)16-20-32(4)26-14-18-31(3)17-6-7-25(31)23(26)12-13-28(32)33;1-3-13(4-2)11(15)10-6-5-7-12(8-10)9-14;1-3-2;4*1-2/h8-11,15,23,25-28H,6-7,12-14,16-20H2,1-5H3,(H,34,35);9-10H,3-8H2,1-2H3;3H,1H2,2H3;1-2H3;3*1-2H/t23-,25?,26?,27?,28?,31-,32+,33+;;;;;;/m1....../s1. The molecule has 6 nitrogen and oxygen atoms in total. The Kier molecular flexibility index (Phi) is 22.5. The van der Waals surface area contributed by atoms with Gasteiger partial charge in [0.2, 0.25) is 12.3 Å². The average Bonchev–Trinajstić information content (AvgIpc) is 3.69. The van der Waals surface area contributed by atoms with E-state index in [4.69, 9.17) is 0 Å². The number of carbonyl (C=O) groups is 3. The summed E-state index contributed by atoms with van der Waals surface area (Å²) in [5, 5.41) is 9.34. The number of carboxylic acid groups (broad SMARTS) is 1. The van der Waals surface area contributed by atoms with Crippen LogP contribution in [-0.2, 0) is 9.59 Å². The van der Waals surface area contributed by atoms with Gasteiger partial charge in [-0.05, 0) is 166 Å². The van der Waals surface area contributed by atoms with Gasteiger partial charge in [-0.1, -0.05) is 79.2 Å². The Bertz CT molecular complexity index is 1620. The van der Waals surface area contributed by atoms with E-state index in [2.05, 4.69) is 85.8 Å². The minimum atomic E-state index is -0.844. The Hall–Kier alpha value is -4.21. The monoisotopic (exact) mass is 837 g/mol. The molecular weight excluding hydrogens is 753 g/mol. The summed E-state index contributed by atoms with van der Waals surface area (Å²) >= 11 is 0. The molecule has 1 aromatic rings. The van der Waals surface area contributed by atoms with E-state index in [1.54, 1.807) is 23.1 Å². The normalized spacial score (nSPS) is 32.0. The largest absolute Gasteiger partial charge is 0.478 e. The second-order valence-corrected chi connectivity index (χ2v) is 19.0. The molecular formula is C55H84N2O4. The second kappa shape index (κ2) is 25.0. The molecule has 61 heavy (non-hydrogen) atoms. The first-order chi connectivity index (χ1) is 29.1. The van der Waals surface area contributed by atoms with Crippen LogP contribution in [0.3, 0.4) is 0 Å². The maximum absolute atomic E-state index is 12.0. The van der Waals surface area contributed by atoms with Crippen LogP contribution >= 0.6 is 0 Å². The number of nitrogens with zero attached hydrogens (tertiary/aromatic N) is 2. The smallest absolute Gasteiger partial charge is 0.335 e. The molecule has 1 aromatic carbocycles. The molecule has 338 valence electrons. The number of terminal acetylenes is 3. The maximum atomic E-state index is 12.0. The maximum Gasteiger partial charge on any atom is 0.335 e. The minimum absolute atomic E-state index is 0.0175. The number of aromatic carboxylic acids is 1. The first-order valence-electron chi connectivity index (χ1n) is 23.2. The highest BCUT2D eigenvalue weighted by Crippen LogP contribution is 2.73. The lowest BCUT2D eigenvalue weighted by Crippen LogP contribution is -2.60. The molecule has 9 atom stereocenters. The van der Waals surface area contributed by atoms with Gasteiger partial charge in [-0.25, -0.2) is 4.79 Å². The van der Waals surface area contributed by atoms with E-state index >= 15 is 0 Å². The Morgan fingerprint density at radius 1 is 0.803 bits per heavy atom. The summed E-state index contributed by atoms with van der Waals surface area (Å²) in [5.41, 5.74) is 4.65. The Balaban J connectivity index is 0.000000600. The quantitative estimate of drug-likeness (QED) is 0.176. The summed E-state index contributed by atoms with van der Waals surface area (Å²) in [6, 6.07) is 7.64. The lowest BCUT2D eigenvalue weighted by Gasteiger charge is -2.68. The van der Waals surface area contributed by atoms with Crippen molar-refractivity contribution in [3.63, 3.8) is 0 Å². The van der Waals surface area contributed by atoms with E-state index in [0.717, 1.165) is 62.6 Å². The van der Waals surface area contributed by atoms with Crippen molar-refractivity contribution in [3.05, 3.63) is 54.1 Å². The van der Waals surface area contributed by atoms with Crippen molar-refractivity contribution in [2.45, 2.75) is 146 Å². The fourth-order valence-electron chi connectivity index (χ4n) is 13.5. The van der Waals surface area contributed by atoms with Crippen LogP contribution in [-0.4, -0.2) is 59.4 Å². The fraction of sp³-hybridized carbons (Fsp3) is 0.655. The number of rotatable bonds is 6. The molecule has 5 fully saturated rings. The molecule has 0 radical (unpaired) electrons. The molecule has 2 amide bonds. The van der Waals surface area contributed by atoms with E-state index in [-0.39, 0.29) is 17.2 Å². The number of piperidine rings is 1. The molecule has 1 N–H and O–H groups in total. The van der Waals surface area contributed by atoms with Gasteiger partial charge in [0.1, 0.15) is 0 Å². The number of fused-ring (bicyclic) bond motifs is 7. The molecule has 0 aromatic heterocycles. The number of carboxylic acids is 1. The van der Waals surface area contributed by atoms with Crippen molar-refractivity contribution in [3.8, 4) is 38.5 Å². The van der Waals surface area contributed by atoms with Gasteiger partial charge in [-0.15, -0.1) is 45.1 Å². The summed E-state index contributed by atoms with van der Waals surface area (Å²) in [4.78, 5) is 37.6. The van der Waals surface area contributed by atoms with Gasteiger partial charge >= 0.3 is 5.97 Å². The van der Waals surface area contributed by atoms with Crippen molar-refractivity contribution in [1.82, 2.24) is 9.80 Å². The molecule has 6 heteroatoms. The number of hydrogen-bond donors (Lipinski definition) is 1. The minimum Gasteiger partial charge on any atom is -0.478 e. The van der Waals surface area contributed by atoms with Gasteiger partial charge in [0, 0.05) is 26.2 Å². The predicted octanol–water partition coefficient (Wildman–Crippen LogP) is 12.6. The molecule has 1 aliphatic heterocycles. The predicted molar refractivity (Wildman–Crippen MR) is 258 cm³/mol. The highest BCUT2D eigenvalue weighted by molar-refractivity contribution is 5.88. The van der Waals surface area contributed by atoms with Gasteiger partial charge in [0.25, 0.3) is 0 Å². The summed E-state index contributed by atoms with van der Waals surface area (Å²) in [7, 11) is 0. The van der Waals surface area contributed by atoms with Crippen LogP contribution in [0.4, 0.5) is 0 Å². The summed E-state index contributed by atoms with van der Waals surface area (Å²) in [6.07, 6.45) is 45.2. The van der Waals surface area contributed by atoms with Gasteiger partial charge in [0.05, 0.1) is 11.5 Å². The SMILES string of the molecule is C#C.C#C.C#C.C=CC.CC.CC1(C)C(c2ccc(C(=O)O)cc2)=CC[C@@]2(C)C1CC[C@@]1(C)C3CC[C@@]4(C)CCCC4[C@H]3CCC12.CCN(CC)C(=O)C1CCCN(C=O)C1. The van der Waals surface area contributed by atoms with Crippen LogP contribution in [0.5, 0.6) is 0 Å². The Morgan fingerprint density at radius 3 is 1.93 bits per heavy atom. The van der Waals surface area contributed by atoms with Crippen LogP contribution in [0.1, 0.15) is 162 Å². The number of likely N-dealkylation sites (tertiary alicyclic amines) is 1. The third-order valence-corrected chi connectivity index (χ3v) is 16.0. The van der Waals surface area contributed by atoms with Gasteiger partial charge in [-0.2, -0.15) is 0 Å². The molecule has 1 saturated heterocycles. The van der Waals surface area contributed by atoms with Crippen LogP contribution in [0, 0.1) is 95.7 Å². The third kappa shape index (κ3) is 11.6. The zero-order valence-electron chi connectivity index (χ0n) is 40.1. The van der Waals surface area contributed by atoms with Gasteiger partial charge < -0.3 is 14.9 Å². The topological polar surface area (TPSA) is 77.9 Å². The van der Waals surface area contributed by atoms with Crippen molar-refractivity contribution in [2.24, 2.45) is 57.2 Å². The van der Waals surface area contributed by atoms with Crippen LogP contribution < -0.4 is 0 Å². The van der Waals surface area contributed by atoms with E-state index in [1.807, 2.05) is 51.7 Å². The lowest BCUT2D eigenvalue weighted by atomic mass is 9.36. The molecule has 4 saturated carbocycles. The average molecular weight is 837 g/mol. The third-order valence-electron chi connectivity index (χ3n) is 16.0. The van der Waals surface area contributed by atoms with Crippen LogP contribution in [0.25, 0.3) is 5.57 Å². The molecule has 5 unspecified atom stereocenters. The zero-order chi connectivity index (χ0) is 46.8. The second-order valence-electron chi connectivity index (χ2n) is 19.0. The Morgan fingerprint density at radius 2 is 1.39 bits per heavy atom. The van der Waals surface area contributed by atoms with E-state index in [1.165, 1.54) is 75.3 Å². The van der Waals surface area contributed by atoms with Crippen molar-refractivity contribution in [2.75, 3.05) is 26.2 Å². The van der Waals surface area contributed by atoms with Crippen LogP contribution in [0.15, 0.2) is 43.0 Å². The van der Waals surface area contributed by atoms with Gasteiger partial charge in [-0.3, -0.25) is 9.59 Å². The number of allylic oxidation sites excluding steroid dienone is 3. The highest BCUT2D eigenvalue weighted by atomic mass is 16.4. The number of hydrogen-bond acceptors (Lipinski definition) is 3. The van der Waals surface area contributed by atoms with Gasteiger partial charge in [0.15, 0.2) is 0 Å². The first kappa shape index (κ1) is 54.8. The summed E-state index contributed by atoms with van der Waals surface area (Å²) in [5.74, 6) is 3.79. The van der Waals surface area contributed by atoms with Crippen molar-refractivity contribution < 1.29 is 19.5 Å². The Labute approximate surface area is 374 Å². The lowest BCUT2D eigenvalue weighted by molar-refractivity contribution is -0.176. The van der Waals surface area contributed by atoms with E-state index < -0.39 is 5.97 Å². The number of carbonyl (C=O) groups excluding carboxylic acids is 2. The number of benzene rings is 1. The molecule has 6 aliphatic rings. The molecule has 5 aliphatic carbocycles. The molecule has 0 bridgehead atoms. The number of amides is 2. The van der Waals surface area contributed by atoms with Crippen molar-refractivity contribution >= 4 is 23.9 Å². The van der Waals surface area contributed by atoms with Crippen LogP contribution in [0.2, 0.25) is 0 Å². The summed E-state index contributed by atoms with van der Waals surface area (Å²) in [6.45, 7) is 29.1. The first-order valence-corrected chi connectivity index (χ1v) is 23.2. The summed E-state index contributed by atoms with van der Waals surface area (Å²) < 4.78 is 0. The van der Waals surface area contributed by atoms with Crippen molar-refractivity contribution in [1.29, 1.82) is 0 Å². The molecule has 0 spiro atoms. The molecule has 7 rings (SSSR count). The fourth-order valence-corrected chi connectivity index (χ4v) is 13.5. The highest BCUT2D eigenvalue weighted by Gasteiger charge is 2.64. The van der Waals surface area contributed by atoms with E-state index in [0.29, 0.717) is 34.3 Å². The van der Waals surface area contributed by atoms with E-state index in [9.17, 15) is 19.5 Å². The zero-order valence-corrected chi connectivity index (χ0v) is 40.1. The molecule has 1 heterocycles.